The van der Waals surface area contributed by atoms with Crippen molar-refractivity contribution in [2.75, 3.05) is 0 Å². The molecule has 3 heteroatoms. The van der Waals surface area contributed by atoms with Gasteiger partial charge in [-0.1, -0.05) is 0 Å². The number of hydrogen-bond acceptors (Lipinski definition) is 3. The zero-order valence-corrected chi connectivity index (χ0v) is 5.35. The summed E-state index contributed by atoms with van der Waals surface area (Å²) >= 11 is 1.47. The average molecular weight is 129 g/mol. The van der Waals surface area contributed by atoms with Gasteiger partial charge < -0.3 is 5.11 Å². The second-order valence-corrected chi connectivity index (χ2v) is 2.47. The van der Waals surface area contributed by atoms with Gasteiger partial charge in [-0.2, -0.15) is 0 Å². The van der Waals surface area contributed by atoms with Crippen molar-refractivity contribution in [3.05, 3.63) is 16.6 Å². The van der Waals surface area contributed by atoms with E-state index < -0.39 is 6.10 Å². The molecule has 0 aliphatic heterocycles. The topological polar surface area (TPSA) is 33.1 Å². The van der Waals surface area contributed by atoms with Gasteiger partial charge in [0.1, 0.15) is 11.1 Å². The van der Waals surface area contributed by atoms with Gasteiger partial charge in [0.15, 0.2) is 0 Å². The summed E-state index contributed by atoms with van der Waals surface area (Å²) in [5.41, 5.74) is 0. The quantitative estimate of drug-likeness (QED) is 0.618. The van der Waals surface area contributed by atoms with Crippen LogP contribution in [0.2, 0.25) is 0 Å². The normalized spacial score (nSPS) is 13.8. The van der Waals surface area contributed by atoms with Crippen LogP contribution in [-0.4, -0.2) is 10.1 Å². The Morgan fingerprint density at radius 2 is 2.62 bits per heavy atom. The number of aromatic nitrogens is 1. The lowest BCUT2D eigenvalue weighted by molar-refractivity contribution is 0.199. The van der Waals surface area contributed by atoms with E-state index in [9.17, 15) is 0 Å². The predicted octanol–water partition coefficient (Wildman–Crippen LogP) is 1.20. The maximum Gasteiger partial charge on any atom is 0.121 e. The molecule has 0 radical (unpaired) electrons. The summed E-state index contributed by atoms with van der Waals surface area (Å²) in [6.45, 7) is 1.71. The second-order valence-electron chi connectivity index (χ2n) is 1.55. The number of nitrogens with zero attached hydrogens (tertiary/aromatic N) is 1. The summed E-state index contributed by atoms with van der Waals surface area (Å²) in [7, 11) is 0. The van der Waals surface area contributed by atoms with Crippen LogP contribution in [0, 0.1) is 0 Å². The number of aliphatic hydroxyl groups excluding tert-OH is 1. The van der Waals surface area contributed by atoms with Gasteiger partial charge in [-0.3, -0.25) is 0 Å². The fourth-order valence-electron chi connectivity index (χ4n) is 0.441. The molecule has 0 amide bonds. The van der Waals surface area contributed by atoms with Crippen molar-refractivity contribution in [3.8, 4) is 0 Å². The molecule has 44 valence electrons. The van der Waals surface area contributed by atoms with Gasteiger partial charge in [0.05, 0.1) is 0 Å². The third-order valence-corrected chi connectivity index (χ3v) is 1.75. The van der Waals surface area contributed by atoms with E-state index in [2.05, 4.69) is 4.98 Å². The first-order valence-electron chi connectivity index (χ1n) is 2.38. The van der Waals surface area contributed by atoms with E-state index in [4.69, 9.17) is 5.11 Å². The van der Waals surface area contributed by atoms with Crippen LogP contribution >= 0.6 is 11.3 Å². The van der Waals surface area contributed by atoms with Crippen LogP contribution < -0.4 is 0 Å². The average Bonchev–Trinajstić information content (AvgIpc) is 2.12. The van der Waals surface area contributed by atoms with E-state index >= 15 is 0 Å². The lowest BCUT2D eigenvalue weighted by Crippen LogP contribution is -1.86. The Morgan fingerprint density at radius 3 is 2.88 bits per heavy atom. The Morgan fingerprint density at radius 1 is 1.88 bits per heavy atom. The van der Waals surface area contributed by atoms with Gasteiger partial charge in [0, 0.05) is 11.6 Å². The summed E-state index contributed by atoms with van der Waals surface area (Å²) in [6, 6.07) is 0. The van der Waals surface area contributed by atoms with Crippen LogP contribution in [0.5, 0.6) is 0 Å². The summed E-state index contributed by atoms with van der Waals surface area (Å²) < 4.78 is 0. The van der Waals surface area contributed by atoms with Crippen LogP contribution in [0.4, 0.5) is 0 Å². The van der Waals surface area contributed by atoms with Gasteiger partial charge in [0.25, 0.3) is 0 Å². The molecule has 0 bridgehead atoms. The largest absolute Gasteiger partial charge is 0.386 e. The van der Waals surface area contributed by atoms with E-state index in [1.807, 2.05) is 5.38 Å². The molecule has 1 aromatic rings. The molecule has 0 fully saturated rings. The minimum atomic E-state index is -0.407. The number of rotatable bonds is 1. The van der Waals surface area contributed by atoms with Crippen LogP contribution in [0.25, 0.3) is 0 Å². The van der Waals surface area contributed by atoms with Gasteiger partial charge in [-0.05, 0) is 6.92 Å². The van der Waals surface area contributed by atoms with Gasteiger partial charge >= 0.3 is 0 Å². The maximum absolute atomic E-state index is 8.86. The molecule has 1 rings (SSSR count). The molecule has 1 unspecified atom stereocenters. The Hall–Kier alpha value is -0.410. The molecular weight excluding hydrogens is 122 g/mol. The zero-order chi connectivity index (χ0) is 5.98. The minimum Gasteiger partial charge on any atom is -0.386 e. The van der Waals surface area contributed by atoms with Crippen LogP contribution in [0.1, 0.15) is 18.0 Å². The Bertz CT molecular complexity index is 147. The predicted molar refractivity (Wildman–Crippen MR) is 32.7 cm³/mol. The molecular formula is C5H7NOS. The Labute approximate surface area is 51.8 Å². The van der Waals surface area contributed by atoms with Crippen molar-refractivity contribution >= 4 is 11.3 Å². The number of aliphatic hydroxyl groups is 1. The summed E-state index contributed by atoms with van der Waals surface area (Å²) in [4.78, 5) is 3.88. The highest BCUT2D eigenvalue weighted by Crippen LogP contribution is 2.12. The first-order chi connectivity index (χ1) is 3.80. The number of hydrogen-bond donors (Lipinski definition) is 1. The molecule has 2 nitrogen and oxygen atoms in total. The van der Waals surface area contributed by atoms with Crippen LogP contribution in [0.15, 0.2) is 11.6 Å². The lowest BCUT2D eigenvalue weighted by atomic mass is 10.4. The molecule has 1 heterocycles. The summed E-state index contributed by atoms with van der Waals surface area (Å²) in [6.07, 6.45) is 1.28. The lowest BCUT2D eigenvalue weighted by Gasteiger charge is -1.93. The summed E-state index contributed by atoms with van der Waals surface area (Å²) in [5.74, 6) is 0. The molecule has 0 aromatic carbocycles. The van der Waals surface area contributed by atoms with Crippen LogP contribution in [-0.2, 0) is 0 Å². The molecule has 0 aliphatic carbocycles. The van der Waals surface area contributed by atoms with Crippen molar-refractivity contribution in [3.63, 3.8) is 0 Å². The number of thiazole rings is 1. The SMILES string of the molecule is CC(O)c1nccs1. The maximum atomic E-state index is 8.86. The van der Waals surface area contributed by atoms with E-state index in [1.54, 1.807) is 13.1 Å². The highest BCUT2D eigenvalue weighted by molar-refractivity contribution is 7.09. The molecule has 1 atom stereocenters. The molecule has 0 spiro atoms. The van der Waals surface area contributed by atoms with E-state index in [-0.39, 0.29) is 0 Å². The standard InChI is InChI=1S/C5H7NOS/c1-4(7)5-6-2-3-8-5/h2-4,7H,1H3. The first kappa shape index (κ1) is 5.72. The molecule has 1 N–H and O–H groups in total. The fourth-order valence-corrected chi connectivity index (χ4v) is 1.02. The van der Waals surface area contributed by atoms with Gasteiger partial charge in [-0.25, -0.2) is 4.98 Å². The van der Waals surface area contributed by atoms with Crippen molar-refractivity contribution in [1.82, 2.24) is 4.98 Å². The summed E-state index contributed by atoms with van der Waals surface area (Å²) in [5, 5.41) is 11.5. The van der Waals surface area contributed by atoms with Crippen LogP contribution in [0.3, 0.4) is 0 Å². The monoisotopic (exact) mass is 129 g/mol. The first-order valence-corrected chi connectivity index (χ1v) is 3.26. The van der Waals surface area contributed by atoms with Crippen molar-refractivity contribution < 1.29 is 5.11 Å². The molecule has 0 saturated heterocycles. The molecule has 0 aliphatic rings. The van der Waals surface area contributed by atoms with Crippen molar-refractivity contribution in [2.24, 2.45) is 0 Å². The fraction of sp³-hybridized carbons (Fsp3) is 0.400. The van der Waals surface area contributed by atoms with E-state index in [0.717, 1.165) is 5.01 Å². The van der Waals surface area contributed by atoms with E-state index in [1.165, 1.54) is 11.3 Å². The molecule has 0 saturated carbocycles. The molecule has 1 aromatic heterocycles. The van der Waals surface area contributed by atoms with Crippen molar-refractivity contribution in [2.45, 2.75) is 13.0 Å². The molecule has 8 heavy (non-hydrogen) atoms. The van der Waals surface area contributed by atoms with Gasteiger partial charge in [-0.15, -0.1) is 11.3 Å². The van der Waals surface area contributed by atoms with Gasteiger partial charge in [0.2, 0.25) is 0 Å². The smallest absolute Gasteiger partial charge is 0.121 e. The highest BCUT2D eigenvalue weighted by atomic mass is 32.1. The highest BCUT2D eigenvalue weighted by Gasteiger charge is 1.99. The minimum absolute atomic E-state index is 0.407. The van der Waals surface area contributed by atoms with E-state index in [0.29, 0.717) is 0 Å². The zero-order valence-electron chi connectivity index (χ0n) is 4.53. The second kappa shape index (κ2) is 2.24. The van der Waals surface area contributed by atoms with Crippen molar-refractivity contribution in [1.29, 1.82) is 0 Å². The Balaban J connectivity index is 2.77. The third-order valence-electron chi connectivity index (χ3n) is 0.809. The Kier molecular flexibility index (Phi) is 1.60. The third kappa shape index (κ3) is 1.05.